The van der Waals surface area contributed by atoms with Crippen LogP contribution in [0.2, 0.25) is 0 Å². The number of aliphatic hydroxyl groups is 1. The maximum atomic E-state index is 8.38. The van der Waals surface area contributed by atoms with Crippen LogP contribution in [0, 0.1) is 0 Å². The monoisotopic (exact) mass is 102 g/mol. The first-order valence-corrected chi connectivity index (χ1v) is 2.64. The van der Waals surface area contributed by atoms with Crippen LogP contribution in [-0.2, 0) is 4.74 Å². The summed E-state index contributed by atoms with van der Waals surface area (Å²) in [6, 6.07) is 0. The van der Waals surface area contributed by atoms with Gasteiger partial charge in [-0.1, -0.05) is 6.92 Å². The third kappa shape index (κ3) is 0.924. The molecule has 2 heteroatoms. The van der Waals surface area contributed by atoms with Crippen molar-refractivity contribution in [1.82, 2.24) is 0 Å². The summed E-state index contributed by atoms with van der Waals surface area (Å²) < 4.78 is 4.97. The zero-order valence-corrected chi connectivity index (χ0v) is 4.42. The van der Waals surface area contributed by atoms with Crippen LogP contribution in [0.15, 0.2) is 0 Å². The van der Waals surface area contributed by atoms with E-state index >= 15 is 0 Å². The molecule has 1 aliphatic rings. The van der Waals surface area contributed by atoms with Crippen molar-refractivity contribution < 1.29 is 9.84 Å². The number of aliphatic hydroxyl groups excluding tert-OH is 1. The highest BCUT2D eigenvalue weighted by molar-refractivity contribution is 4.81. The summed E-state index contributed by atoms with van der Waals surface area (Å²) >= 11 is 0. The Morgan fingerprint density at radius 1 is 1.57 bits per heavy atom. The van der Waals surface area contributed by atoms with Gasteiger partial charge in [0, 0.05) is 0 Å². The molecule has 1 fully saturated rings. The predicted octanol–water partition coefficient (Wildman–Crippen LogP) is 0.156. The molecule has 0 spiro atoms. The molecule has 2 unspecified atom stereocenters. The number of rotatable bonds is 2. The Balaban J connectivity index is 2.06. The van der Waals surface area contributed by atoms with Crippen molar-refractivity contribution in [3.05, 3.63) is 0 Å². The van der Waals surface area contributed by atoms with Crippen LogP contribution < -0.4 is 0 Å². The molecule has 1 saturated heterocycles. The molecule has 1 aliphatic heterocycles. The second-order valence-corrected chi connectivity index (χ2v) is 1.80. The topological polar surface area (TPSA) is 32.8 Å². The zero-order valence-electron chi connectivity index (χ0n) is 4.42. The molecule has 0 saturated carbocycles. The van der Waals surface area contributed by atoms with Gasteiger partial charge in [0.25, 0.3) is 0 Å². The lowest BCUT2D eigenvalue weighted by Crippen LogP contribution is -1.96. The SMILES string of the molecule is CCC1OC1CO. The largest absolute Gasteiger partial charge is 0.394 e. The normalized spacial score (nSPS) is 38.6. The molecule has 0 aromatic rings. The Kier molecular flexibility index (Phi) is 1.30. The highest BCUT2D eigenvalue weighted by Crippen LogP contribution is 2.23. The number of epoxide rings is 1. The fourth-order valence-electron chi connectivity index (χ4n) is 0.699. The van der Waals surface area contributed by atoms with Gasteiger partial charge >= 0.3 is 0 Å². The average Bonchev–Trinajstić information content (AvgIpc) is 2.43. The van der Waals surface area contributed by atoms with Gasteiger partial charge < -0.3 is 9.84 Å². The van der Waals surface area contributed by atoms with E-state index in [1.54, 1.807) is 0 Å². The van der Waals surface area contributed by atoms with Crippen molar-refractivity contribution in [3.63, 3.8) is 0 Å². The zero-order chi connectivity index (χ0) is 5.28. The molecule has 2 atom stereocenters. The first-order chi connectivity index (χ1) is 3.38. The molecule has 1 heterocycles. The fraction of sp³-hybridized carbons (Fsp3) is 1.00. The van der Waals surface area contributed by atoms with E-state index in [0.717, 1.165) is 6.42 Å². The minimum atomic E-state index is 0.171. The van der Waals surface area contributed by atoms with Crippen LogP contribution in [0.3, 0.4) is 0 Å². The van der Waals surface area contributed by atoms with Crippen molar-refractivity contribution in [2.45, 2.75) is 25.6 Å². The van der Waals surface area contributed by atoms with E-state index in [-0.39, 0.29) is 12.7 Å². The molecule has 1 N–H and O–H groups in total. The maximum absolute atomic E-state index is 8.38. The van der Waals surface area contributed by atoms with Gasteiger partial charge in [0.15, 0.2) is 0 Å². The van der Waals surface area contributed by atoms with Crippen molar-refractivity contribution in [2.24, 2.45) is 0 Å². The standard InChI is InChI=1S/C5H10O2/c1-2-4-5(3-6)7-4/h4-6H,2-3H2,1H3. The molecular weight excluding hydrogens is 92.1 g/mol. The lowest BCUT2D eigenvalue weighted by atomic mass is 10.3. The van der Waals surface area contributed by atoms with Crippen molar-refractivity contribution >= 4 is 0 Å². The van der Waals surface area contributed by atoms with Crippen molar-refractivity contribution in [1.29, 1.82) is 0 Å². The smallest absolute Gasteiger partial charge is 0.107 e. The second kappa shape index (κ2) is 1.80. The molecule has 1 rings (SSSR count). The molecule has 42 valence electrons. The average molecular weight is 102 g/mol. The first-order valence-electron chi connectivity index (χ1n) is 2.64. The van der Waals surface area contributed by atoms with Gasteiger partial charge in [-0.2, -0.15) is 0 Å². The number of ether oxygens (including phenoxy) is 1. The van der Waals surface area contributed by atoms with Crippen molar-refractivity contribution in [2.75, 3.05) is 6.61 Å². The van der Waals surface area contributed by atoms with Crippen LogP contribution in [0.5, 0.6) is 0 Å². The summed E-state index contributed by atoms with van der Waals surface area (Å²) in [4.78, 5) is 0. The quantitative estimate of drug-likeness (QED) is 0.503. The van der Waals surface area contributed by atoms with E-state index in [9.17, 15) is 0 Å². The number of hydrogen-bond donors (Lipinski definition) is 1. The molecule has 0 bridgehead atoms. The van der Waals surface area contributed by atoms with Gasteiger partial charge in [0.2, 0.25) is 0 Å². The molecule has 0 aliphatic carbocycles. The Morgan fingerprint density at radius 3 is 2.43 bits per heavy atom. The maximum Gasteiger partial charge on any atom is 0.107 e. The Labute approximate surface area is 43.1 Å². The second-order valence-electron chi connectivity index (χ2n) is 1.80. The highest BCUT2D eigenvalue weighted by Gasteiger charge is 2.35. The van der Waals surface area contributed by atoms with Gasteiger partial charge in [-0.05, 0) is 6.42 Å². The lowest BCUT2D eigenvalue weighted by molar-refractivity contribution is 0.242. The summed E-state index contributed by atoms with van der Waals surface area (Å²) in [6.45, 7) is 2.25. The molecule has 0 radical (unpaired) electrons. The molecule has 7 heavy (non-hydrogen) atoms. The van der Waals surface area contributed by atoms with Crippen LogP contribution in [0.25, 0.3) is 0 Å². The van der Waals surface area contributed by atoms with Crippen LogP contribution in [0.1, 0.15) is 13.3 Å². The third-order valence-electron chi connectivity index (χ3n) is 1.27. The third-order valence-corrected chi connectivity index (χ3v) is 1.27. The fourth-order valence-corrected chi connectivity index (χ4v) is 0.699. The van der Waals surface area contributed by atoms with Gasteiger partial charge in [0.05, 0.1) is 12.7 Å². The van der Waals surface area contributed by atoms with E-state index in [4.69, 9.17) is 9.84 Å². The molecule has 0 amide bonds. The van der Waals surface area contributed by atoms with E-state index in [1.165, 1.54) is 0 Å². The summed E-state index contributed by atoms with van der Waals surface area (Å²) in [5, 5.41) is 8.38. The molecule has 0 aromatic carbocycles. The first kappa shape index (κ1) is 5.06. The molecule has 0 aromatic heterocycles. The van der Waals surface area contributed by atoms with E-state index in [2.05, 4.69) is 6.92 Å². The van der Waals surface area contributed by atoms with Gasteiger partial charge in [0.1, 0.15) is 6.10 Å². The van der Waals surface area contributed by atoms with Crippen LogP contribution >= 0.6 is 0 Å². The van der Waals surface area contributed by atoms with Crippen LogP contribution in [-0.4, -0.2) is 23.9 Å². The summed E-state index contributed by atoms with van der Waals surface area (Å²) in [5.74, 6) is 0. The predicted molar refractivity (Wildman–Crippen MR) is 26.0 cm³/mol. The van der Waals surface area contributed by atoms with E-state index < -0.39 is 0 Å². The van der Waals surface area contributed by atoms with Crippen molar-refractivity contribution in [3.8, 4) is 0 Å². The molecule has 2 nitrogen and oxygen atoms in total. The minimum Gasteiger partial charge on any atom is -0.394 e. The van der Waals surface area contributed by atoms with Gasteiger partial charge in [-0.25, -0.2) is 0 Å². The van der Waals surface area contributed by atoms with Gasteiger partial charge in [-0.3, -0.25) is 0 Å². The lowest BCUT2D eigenvalue weighted by Gasteiger charge is -1.78. The van der Waals surface area contributed by atoms with E-state index in [0.29, 0.717) is 6.10 Å². The minimum absolute atomic E-state index is 0.171. The number of hydrogen-bond acceptors (Lipinski definition) is 2. The van der Waals surface area contributed by atoms with Crippen LogP contribution in [0.4, 0.5) is 0 Å². The Morgan fingerprint density at radius 2 is 2.29 bits per heavy atom. The van der Waals surface area contributed by atoms with E-state index in [1.807, 2.05) is 0 Å². The van der Waals surface area contributed by atoms with Gasteiger partial charge in [-0.15, -0.1) is 0 Å². The Bertz CT molecular complexity index is 55.1. The summed E-state index contributed by atoms with van der Waals surface area (Å²) in [7, 11) is 0. The highest BCUT2D eigenvalue weighted by atomic mass is 16.6. The molecular formula is C5H10O2. The summed E-state index contributed by atoms with van der Waals surface area (Å²) in [6.07, 6.45) is 1.57. The summed E-state index contributed by atoms with van der Waals surface area (Å²) in [5.41, 5.74) is 0. The Hall–Kier alpha value is -0.0800.